The first-order chi connectivity index (χ1) is 9.95. The SMILES string of the molecule is CCCC1NC(=O)C(C(C)C)N(C2CCCC(C)C2)C1=O. The molecule has 1 saturated carbocycles. The van der Waals surface area contributed by atoms with Crippen LogP contribution in [-0.4, -0.2) is 34.8 Å². The predicted molar refractivity (Wildman–Crippen MR) is 83.7 cm³/mol. The van der Waals surface area contributed by atoms with Crippen molar-refractivity contribution in [1.82, 2.24) is 10.2 Å². The Morgan fingerprint density at radius 1 is 1.29 bits per heavy atom. The van der Waals surface area contributed by atoms with E-state index < -0.39 is 0 Å². The molecular formula is C17H30N2O2. The van der Waals surface area contributed by atoms with Crippen LogP contribution in [0.4, 0.5) is 0 Å². The summed E-state index contributed by atoms with van der Waals surface area (Å²) in [7, 11) is 0. The van der Waals surface area contributed by atoms with E-state index in [1.165, 1.54) is 12.8 Å². The second-order valence-electron chi connectivity index (χ2n) is 7.21. The first-order valence-corrected chi connectivity index (χ1v) is 8.58. The zero-order valence-electron chi connectivity index (χ0n) is 13.9. The lowest BCUT2D eigenvalue weighted by Gasteiger charge is -2.47. The van der Waals surface area contributed by atoms with Crippen LogP contribution in [0, 0.1) is 11.8 Å². The van der Waals surface area contributed by atoms with Crippen LogP contribution in [0.5, 0.6) is 0 Å². The van der Waals surface area contributed by atoms with E-state index in [4.69, 9.17) is 0 Å². The number of piperazine rings is 1. The summed E-state index contributed by atoms with van der Waals surface area (Å²) < 4.78 is 0. The minimum absolute atomic E-state index is 0.0428. The highest BCUT2D eigenvalue weighted by atomic mass is 16.2. The Hall–Kier alpha value is -1.06. The summed E-state index contributed by atoms with van der Waals surface area (Å²) in [6.07, 6.45) is 6.16. The van der Waals surface area contributed by atoms with Crippen LogP contribution in [-0.2, 0) is 9.59 Å². The van der Waals surface area contributed by atoms with Crippen molar-refractivity contribution in [3.05, 3.63) is 0 Å². The molecule has 0 aromatic carbocycles. The van der Waals surface area contributed by atoms with Gasteiger partial charge in [-0.2, -0.15) is 0 Å². The molecule has 1 N–H and O–H groups in total. The second-order valence-corrected chi connectivity index (χ2v) is 7.21. The maximum absolute atomic E-state index is 12.9. The van der Waals surface area contributed by atoms with Crippen LogP contribution in [0.2, 0.25) is 0 Å². The number of amides is 2. The molecule has 2 fully saturated rings. The fraction of sp³-hybridized carbons (Fsp3) is 0.882. The van der Waals surface area contributed by atoms with Gasteiger partial charge in [-0.25, -0.2) is 0 Å². The van der Waals surface area contributed by atoms with Gasteiger partial charge in [0, 0.05) is 6.04 Å². The number of nitrogens with zero attached hydrogens (tertiary/aromatic N) is 1. The largest absolute Gasteiger partial charge is 0.342 e. The third-order valence-corrected chi connectivity index (χ3v) is 4.95. The van der Waals surface area contributed by atoms with Gasteiger partial charge in [0.25, 0.3) is 0 Å². The summed E-state index contributed by atoms with van der Waals surface area (Å²) in [4.78, 5) is 27.3. The van der Waals surface area contributed by atoms with Gasteiger partial charge in [-0.1, -0.05) is 47.0 Å². The molecular weight excluding hydrogens is 264 g/mol. The molecule has 1 saturated heterocycles. The third-order valence-electron chi connectivity index (χ3n) is 4.95. The van der Waals surface area contributed by atoms with Gasteiger partial charge in [0.2, 0.25) is 11.8 Å². The average Bonchev–Trinajstić information content (AvgIpc) is 2.41. The van der Waals surface area contributed by atoms with Crippen molar-refractivity contribution < 1.29 is 9.59 Å². The van der Waals surface area contributed by atoms with E-state index >= 15 is 0 Å². The number of hydrogen-bond donors (Lipinski definition) is 1. The van der Waals surface area contributed by atoms with Gasteiger partial charge in [-0.05, 0) is 31.1 Å². The molecule has 4 unspecified atom stereocenters. The van der Waals surface area contributed by atoms with Crippen LogP contribution in [0.15, 0.2) is 0 Å². The molecule has 0 radical (unpaired) electrons. The Bertz CT molecular complexity index is 394. The number of nitrogens with one attached hydrogen (secondary N) is 1. The lowest BCUT2D eigenvalue weighted by atomic mass is 9.83. The quantitative estimate of drug-likeness (QED) is 0.866. The molecule has 1 aliphatic carbocycles. The Balaban J connectivity index is 2.25. The maximum Gasteiger partial charge on any atom is 0.246 e. The zero-order valence-corrected chi connectivity index (χ0v) is 13.9. The van der Waals surface area contributed by atoms with Crippen molar-refractivity contribution in [3.8, 4) is 0 Å². The summed E-state index contributed by atoms with van der Waals surface area (Å²) >= 11 is 0. The molecule has 0 bridgehead atoms. The molecule has 0 spiro atoms. The Morgan fingerprint density at radius 2 is 2.00 bits per heavy atom. The Kier molecular flexibility index (Phi) is 5.28. The fourth-order valence-electron chi connectivity index (χ4n) is 3.93. The van der Waals surface area contributed by atoms with Crippen LogP contribution in [0.25, 0.3) is 0 Å². The van der Waals surface area contributed by atoms with Crippen LogP contribution < -0.4 is 5.32 Å². The molecule has 0 aromatic heterocycles. The maximum atomic E-state index is 12.9. The number of hydrogen-bond acceptors (Lipinski definition) is 2. The van der Waals surface area contributed by atoms with Crippen molar-refractivity contribution in [2.24, 2.45) is 11.8 Å². The normalized spacial score (nSPS) is 34.2. The van der Waals surface area contributed by atoms with Crippen LogP contribution in [0.1, 0.15) is 66.2 Å². The van der Waals surface area contributed by atoms with Crippen molar-refractivity contribution in [1.29, 1.82) is 0 Å². The number of carbonyl (C=O) groups is 2. The van der Waals surface area contributed by atoms with Gasteiger partial charge < -0.3 is 10.2 Å². The zero-order chi connectivity index (χ0) is 15.6. The standard InChI is InChI=1S/C17H30N2O2/c1-5-7-14-17(21)19(13-9-6-8-12(4)10-13)15(11(2)3)16(20)18-14/h11-15H,5-10H2,1-4H3,(H,18,20). The molecule has 21 heavy (non-hydrogen) atoms. The molecule has 2 aliphatic rings. The van der Waals surface area contributed by atoms with E-state index in [1.54, 1.807) is 0 Å². The molecule has 1 aliphatic heterocycles. The van der Waals surface area contributed by atoms with E-state index in [0.717, 1.165) is 25.7 Å². The Morgan fingerprint density at radius 3 is 2.57 bits per heavy atom. The molecule has 0 aromatic rings. The highest BCUT2D eigenvalue weighted by Gasteiger charge is 2.45. The molecule has 2 rings (SSSR count). The summed E-state index contributed by atoms with van der Waals surface area (Å²) in [5, 5.41) is 2.95. The molecule has 2 amide bonds. The van der Waals surface area contributed by atoms with E-state index in [-0.39, 0.29) is 35.9 Å². The highest BCUT2D eigenvalue weighted by Crippen LogP contribution is 2.32. The van der Waals surface area contributed by atoms with Gasteiger partial charge in [-0.15, -0.1) is 0 Å². The highest BCUT2D eigenvalue weighted by molar-refractivity contribution is 5.97. The lowest BCUT2D eigenvalue weighted by molar-refractivity contribution is -0.155. The smallest absolute Gasteiger partial charge is 0.246 e. The third kappa shape index (κ3) is 3.41. The van der Waals surface area contributed by atoms with E-state index in [2.05, 4.69) is 19.2 Å². The van der Waals surface area contributed by atoms with Crippen molar-refractivity contribution in [2.45, 2.75) is 84.3 Å². The lowest BCUT2D eigenvalue weighted by Crippen LogP contribution is -2.67. The Labute approximate surface area is 128 Å². The molecule has 4 heteroatoms. The summed E-state index contributed by atoms with van der Waals surface area (Å²) in [5.74, 6) is 1.00. The first-order valence-electron chi connectivity index (χ1n) is 8.58. The van der Waals surface area contributed by atoms with Gasteiger partial charge >= 0.3 is 0 Å². The second kappa shape index (κ2) is 6.80. The molecule has 4 atom stereocenters. The topological polar surface area (TPSA) is 49.4 Å². The van der Waals surface area contributed by atoms with Crippen LogP contribution in [0.3, 0.4) is 0 Å². The van der Waals surface area contributed by atoms with Gasteiger partial charge in [0.05, 0.1) is 0 Å². The van der Waals surface area contributed by atoms with Crippen molar-refractivity contribution >= 4 is 11.8 Å². The van der Waals surface area contributed by atoms with Crippen molar-refractivity contribution in [2.75, 3.05) is 0 Å². The summed E-state index contributed by atoms with van der Waals surface area (Å²) in [6.45, 7) is 8.39. The monoisotopic (exact) mass is 294 g/mol. The summed E-state index contributed by atoms with van der Waals surface area (Å²) in [5.41, 5.74) is 0. The van der Waals surface area contributed by atoms with Gasteiger partial charge in [0.15, 0.2) is 0 Å². The van der Waals surface area contributed by atoms with E-state index in [9.17, 15) is 9.59 Å². The minimum Gasteiger partial charge on any atom is -0.342 e. The molecule has 4 nitrogen and oxygen atoms in total. The van der Waals surface area contributed by atoms with E-state index in [0.29, 0.717) is 5.92 Å². The van der Waals surface area contributed by atoms with Crippen LogP contribution >= 0.6 is 0 Å². The van der Waals surface area contributed by atoms with Gasteiger partial charge in [-0.3, -0.25) is 9.59 Å². The number of carbonyl (C=O) groups excluding carboxylic acids is 2. The number of rotatable bonds is 4. The van der Waals surface area contributed by atoms with E-state index in [1.807, 2.05) is 18.7 Å². The van der Waals surface area contributed by atoms with Gasteiger partial charge in [0.1, 0.15) is 12.1 Å². The first kappa shape index (κ1) is 16.3. The minimum atomic E-state index is -0.310. The summed E-state index contributed by atoms with van der Waals surface area (Å²) in [6, 6.07) is -0.352. The fourth-order valence-corrected chi connectivity index (χ4v) is 3.93. The average molecular weight is 294 g/mol. The molecule has 120 valence electrons. The molecule has 1 heterocycles. The predicted octanol–water partition coefficient (Wildman–Crippen LogP) is 2.72. The van der Waals surface area contributed by atoms with Crippen molar-refractivity contribution in [3.63, 3.8) is 0 Å².